The van der Waals surface area contributed by atoms with Crippen LogP contribution in [0, 0.1) is 13.8 Å². The molecule has 0 atom stereocenters. The minimum Gasteiger partial charge on any atom is -0.550 e. The molecule has 0 aliphatic rings. The first-order chi connectivity index (χ1) is 9.58. The fourth-order valence-corrected chi connectivity index (χ4v) is 3.43. The molecule has 0 saturated carbocycles. The first kappa shape index (κ1) is 14.7. The number of carbonyl (C=O) groups excluding carboxylic acids is 1. The zero-order valence-corrected chi connectivity index (χ0v) is 12.5. The molecule has 0 saturated heterocycles. The van der Waals surface area contributed by atoms with Crippen LogP contribution in [0.25, 0.3) is 0 Å². The summed E-state index contributed by atoms with van der Waals surface area (Å²) in [7, 11) is 0. The second-order valence-electron chi connectivity index (χ2n) is 4.82. The molecule has 0 amide bonds. The molecule has 0 aliphatic carbocycles. The van der Waals surface area contributed by atoms with Crippen LogP contribution in [-0.2, 0) is 17.0 Å². The smallest absolute Gasteiger partial charge is 0.0458 e. The third-order valence-electron chi connectivity index (χ3n) is 3.32. The Morgan fingerprint density at radius 3 is 2.35 bits per heavy atom. The molecule has 0 unspecified atom stereocenters. The largest absolute Gasteiger partial charge is 0.550 e. The maximum atomic E-state index is 10.8. The van der Waals surface area contributed by atoms with Crippen LogP contribution >= 0.6 is 11.8 Å². The van der Waals surface area contributed by atoms with Gasteiger partial charge in [-0.15, -0.1) is 11.8 Å². The fraction of sp³-hybridized carbons (Fsp3) is 0.235. The summed E-state index contributed by atoms with van der Waals surface area (Å²) >= 11 is 1.68. The summed E-state index contributed by atoms with van der Waals surface area (Å²) in [6.45, 7) is 4.21. The lowest BCUT2D eigenvalue weighted by Gasteiger charge is -2.12. The minimum absolute atomic E-state index is 0.0318. The quantitative estimate of drug-likeness (QED) is 0.793. The normalized spacial score (nSPS) is 10.5. The number of aryl methyl sites for hydroxylation is 2. The van der Waals surface area contributed by atoms with Gasteiger partial charge in [-0.2, -0.15) is 0 Å². The highest BCUT2D eigenvalue weighted by atomic mass is 32.2. The average molecular weight is 285 g/mol. The summed E-state index contributed by atoms with van der Waals surface area (Å²) in [6, 6.07) is 13.9. The summed E-state index contributed by atoms with van der Waals surface area (Å²) in [6.07, 6.45) is -0.0318. The van der Waals surface area contributed by atoms with E-state index in [0.717, 1.165) is 16.2 Å². The van der Waals surface area contributed by atoms with E-state index in [2.05, 4.69) is 32.0 Å². The van der Waals surface area contributed by atoms with Crippen LogP contribution in [0.1, 0.15) is 22.3 Å². The van der Waals surface area contributed by atoms with Crippen LogP contribution in [0.2, 0.25) is 0 Å². The Morgan fingerprint density at radius 2 is 1.70 bits per heavy atom. The molecular weight excluding hydrogens is 268 g/mol. The van der Waals surface area contributed by atoms with E-state index in [1.165, 1.54) is 16.7 Å². The predicted octanol–water partition coefficient (Wildman–Crippen LogP) is 2.89. The predicted molar refractivity (Wildman–Crippen MR) is 80.6 cm³/mol. The van der Waals surface area contributed by atoms with Gasteiger partial charge in [0.15, 0.2) is 0 Å². The Kier molecular flexibility index (Phi) is 4.85. The number of hydrogen-bond donors (Lipinski definition) is 0. The molecule has 2 nitrogen and oxygen atoms in total. The second-order valence-corrected chi connectivity index (χ2v) is 5.83. The van der Waals surface area contributed by atoms with E-state index in [4.69, 9.17) is 0 Å². The molecular formula is C17H17O2S-. The van der Waals surface area contributed by atoms with Crippen LogP contribution < -0.4 is 5.11 Å². The van der Waals surface area contributed by atoms with Crippen molar-refractivity contribution in [2.24, 2.45) is 0 Å². The molecule has 0 heterocycles. The summed E-state index contributed by atoms with van der Waals surface area (Å²) < 4.78 is 0. The summed E-state index contributed by atoms with van der Waals surface area (Å²) in [5.41, 5.74) is 4.69. The topological polar surface area (TPSA) is 40.1 Å². The molecule has 2 aromatic carbocycles. The number of benzene rings is 2. The number of aliphatic carboxylic acids is 1. The van der Waals surface area contributed by atoms with Gasteiger partial charge < -0.3 is 9.90 Å². The lowest BCUT2D eigenvalue weighted by molar-refractivity contribution is -0.304. The monoisotopic (exact) mass is 285 g/mol. The third-order valence-corrected chi connectivity index (χ3v) is 4.47. The van der Waals surface area contributed by atoms with Gasteiger partial charge in [0.1, 0.15) is 0 Å². The van der Waals surface area contributed by atoms with Gasteiger partial charge in [-0.05, 0) is 42.2 Å². The highest BCUT2D eigenvalue weighted by molar-refractivity contribution is 7.98. The molecule has 0 bridgehead atoms. The van der Waals surface area contributed by atoms with Crippen LogP contribution in [0.15, 0.2) is 47.4 Å². The van der Waals surface area contributed by atoms with Gasteiger partial charge in [0.2, 0.25) is 0 Å². The van der Waals surface area contributed by atoms with Gasteiger partial charge in [-0.25, -0.2) is 0 Å². The van der Waals surface area contributed by atoms with Crippen LogP contribution in [0.4, 0.5) is 0 Å². The number of thioether (sulfide) groups is 1. The first-order valence-electron chi connectivity index (χ1n) is 6.53. The van der Waals surface area contributed by atoms with Crippen molar-refractivity contribution in [3.8, 4) is 0 Å². The number of rotatable bonds is 5. The van der Waals surface area contributed by atoms with E-state index < -0.39 is 5.97 Å². The second kappa shape index (κ2) is 6.62. The van der Waals surface area contributed by atoms with Gasteiger partial charge in [-0.3, -0.25) is 0 Å². The highest BCUT2D eigenvalue weighted by Gasteiger charge is 2.06. The molecule has 0 N–H and O–H groups in total. The van der Waals surface area contributed by atoms with E-state index in [-0.39, 0.29) is 6.42 Å². The standard InChI is InChI=1S/C17H18O2S/c1-12-6-5-7-13(2)15(12)11-20-16-9-4-3-8-14(16)10-17(18)19/h3-9H,10-11H2,1-2H3,(H,18,19)/p-1. The zero-order valence-electron chi connectivity index (χ0n) is 11.7. The Labute approximate surface area is 123 Å². The van der Waals surface area contributed by atoms with Gasteiger partial charge >= 0.3 is 0 Å². The van der Waals surface area contributed by atoms with Crippen LogP contribution in [-0.4, -0.2) is 5.97 Å². The molecule has 20 heavy (non-hydrogen) atoms. The van der Waals surface area contributed by atoms with Crippen molar-refractivity contribution in [2.75, 3.05) is 0 Å². The Hall–Kier alpha value is -1.74. The molecule has 3 heteroatoms. The van der Waals surface area contributed by atoms with Gasteiger partial charge in [0.25, 0.3) is 0 Å². The minimum atomic E-state index is -1.04. The van der Waals surface area contributed by atoms with E-state index in [9.17, 15) is 9.90 Å². The molecule has 0 aliphatic heterocycles. The van der Waals surface area contributed by atoms with Gasteiger partial charge in [-0.1, -0.05) is 36.4 Å². The number of hydrogen-bond acceptors (Lipinski definition) is 3. The van der Waals surface area contributed by atoms with Crippen molar-refractivity contribution in [1.82, 2.24) is 0 Å². The van der Waals surface area contributed by atoms with E-state index in [1.807, 2.05) is 24.3 Å². The van der Waals surface area contributed by atoms with Crippen molar-refractivity contribution in [3.05, 3.63) is 64.7 Å². The molecule has 104 valence electrons. The summed E-state index contributed by atoms with van der Waals surface area (Å²) in [5, 5.41) is 10.8. The van der Waals surface area contributed by atoms with Crippen LogP contribution in [0.5, 0.6) is 0 Å². The van der Waals surface area contributed by atoms with Crippen molar-refractivity contribution < 1.29 is 9.90 Å². The maximum absolute atomic E-state index is 10.8. The van der Waals surface area contributed by atoms with Crippen LogP contribution in [0.3, 0.4) is 0 Å². The third kappa shape index (κ3) is 3.64. The average Bonchev–Trinajstić information content (AvgIpc) is 2.39. The lowest BCUT2D eigenvalue weighted by atomic mass is 10.1. The summed E-state index contributed by atoms with van der Waals surface area (Å²) in [4.78, 5) is 11.8. The zero-order chi connectivity index (χ0) is 14.5. The van der Waals surface area contributed by atoms with E-state index in [1.54, 1.807) is 11.8 Å². The van der Waals surface area contributed by atoms with Crippen molar-refractivity contribution in [2.45, 2.75) is 30.9 Å². The first-order valence-corrected chi connectivity index (χ1v) is 7.52. The molecule has 0 fully saturated rings. The fourth-order valence-electron chi connectivity index (χ4n) is 2.17. The molecule has 0 aromatic heterocycles. The van der Waals surface area contributed by atoms with Crippen molar-refractivity contribution in [1.29, 1.82) is 0 Å². The molecule has 0 radical (unpaired) electrons. The van der Waals surface area contributed by atoms with Crippen molar-refractivity contribution in [3.63, 3.8) is 0 Å². The highest BCUT2D eigenvalue weighted by Crippen LogP contribution is 2.29. The number of carbonyl (C=O) groups is 1. The summed E-state index contributed by atoms with van der Waals surface area (Å²) in [5.74, 6) is -0.187. The van der Waals surface area contributed by atoms with E-state index >= 15 is 0 Å². The Bertz CT molecular complexity index is 600. The Morgan fingerprint density at radius 1 is 1.05 bits per heavy atom. The molecule has 2 aromatic rings. The Balaban J connectivity index is 2.17. The maximum Gasteiger partial charge on any atom is 0.0458 e. The SMILES string of the molecule is Cc1cccc(C)c1CSc1ccccc1CC(=O)[O-]. The molecule has 2 rings (SSSR count). The number of carboxylic acid groups (broad SMARTS) is 1. The van der Waals surface area contributed by atoms with Gasteiger partial charge in [0, 0.05) is 23.0 Å². The van der Waals surface area contributed by atoms with Gasteiger partial charge in [0.05, 0.1) is 0 Å². The lowest BCUT2D eigenvalue weighted by Crippen LogP contribution is -2.24. The molecule has 0 spiro atoms. The van der Waals surface area contributed by atoms with Crippen molar-refractivity contribution >= 4 is 17.7 Å². The van der Waals surface area contributed by atoms with E-state index in [0.29, 0.717) is 0 Å². The number of carboxylic acids is 1.